The molecule has 1 atom stereocenters. The van der Waals surface area contributed by atoms with Crippen LogP contribution in [0, 0.1) is 5.82 Å². The van der Waals surface area contributed by atoms with E-state index in [4.69, 9.17) is 27.9 Å². The van der Waals surface area contributed by atoms with Crippen molar-refractivity contribution >= 4 is 50.5 Å². The number of halogens is 3. The van der Waals surface area contributed by atoms with Crippen molar-refractivity contribution in [3.8, 4) is 5.75 Å². The zero-order valence-electron chi connectivity index (χ0n) is 15.4. The van der Waals surface area contributed by atoms with E-state index in [0.29, 0.717) is 16.5 Å². The van der Waals surface area contributed by atoms with Crippen molar-refractivity contribution < 1.29 is 22.3 Å². The Kier molecular flexibility index (Phi) is 7.14. The van der Waals surface area contributed by atoms with Crippen molar-refractivity contribution in [2.45, 2.75) is 19.4 Å². The fourth-order valence-corrected chi connectivity index (χ4v) is 4.29. The van der Waals surface area contributed by atoms with E-state index < -0.39 is 27.8 Å². The van der Waals surface area contributed by atoms with Crippen molar-refractivity contribution in [1.29, 1.82) is 0 Å². The van der Waals surface area contributed by atoms with Crippen LogP contribution >= 0.6 is 23.2 Å². The molecule has 0 aromatic heterocycles. The first-order valence-corrected chi connectivity index (χ1v) is 10.8. The van der Waals surface area contributed by atoms with Crippen molar-refractivity contribution in [2.75, 3.05) is 23.0 Å². The van der Waals surface area contributed by atoms with Crippen LogP contribution in [0.4, 0.5) is 15.8 Å². The van der Waals surface area contributed by atoms with Gasteiger partial charge in [-0.1, -0.05) is 30.1 Å². The molecule has 1 unspecified atom stereocenters. The number of rotatable bonds is 7. The Morgan fingerprint density at radius 1 is 1.21 bits per heavy atom. The van der Waals surface area contributed by atoms with E-state index in [0.717, 1.165) is 22.7 Å². The van der Waals surface area contributed by atoms with Gasteiger partial charge in [0.25, 0.3) is 0 Å². The number of ether oxygens (including phenoxy) is 1. The highest BCUT2D eigenvalue weighted by Gasteiger charge is 2.32. The Morgan fingerprint density at radius 3 is 2.39 bits per heavy atom. The smallest absolute Gasteiger partial charge is 0.248 e. The number of nitrogens with zero attached hydrogens (tertiary/aromatic N) is 1. The fourth-order valence-electron chi connectivity index (χ4n) is 2.65. The Balaban J connectivity index is 2.38. The molecule has 0 heterocycles. The van der Waals surface area contributed by atoms with Crippen LogP contribution in [0.15, 0.2) is 36.4 Å². The molecule has 0 spiro atoms. The zero-order valence-corrected chi connectivity index (χ0v) is 17.7. The van der Waals surface area contributed by atoms with E-state index in [2.05, 4.69) is 5.32 Å². The van der Waals surface area contributed by atoms with E-state index in [9.17, 15) is 17.6 Å². The van der Waals surface area contributed by atoms with Crippen LogP contribution in [0.2, 0.25) is 10.0 Å². The number of carbonyl (C=O) groups excluding carboxylic acids is 1. The van der Waals surface area contributed by atoms with Gasteiger partial charge in [0.15, 0.2) is 0 Å². The number of benzene rings is 2. The second kappa shape index (κ2) is 8.98. The highest BCUT2D eigenvalue weighted by atomic mass is 35.5. The third kappa shape index (κ3) is 5.06. The maximum absolute atomic E-state index is 13.5. The molecule has 0 saturated heterocycles. The van der Waals surface area contributed by atoms with Crippen molar-refractivity contribution in [3.63, 3.8) is 0 Å². The number of nitrogens with one attached hydrogen (secondary N) is 1. The summed E-state index contributed by atoms with van der Waals surface area (Å²) in [6.45, 7) is 1.66. The molecule has 0 radical (unpaired) electrons. The molecule has 6 nitrogen and oxygen atoms in total. The molecule has 10 heteroatoms. The normalized spacial score (nSPS) is 12.4. The first-order chi connectivity index (χ1) is 13.1. The molecule has 1 amide bonds. The Morgan fingerprint density at radius 2 is 1.89 bits per heavy atom. The van der Waals surface area contributed by atoms with E-state index in [1.54, 1.807) is 19.1 Å². The van der Waals surface area contributed by atoms with Crippen molar-refractivity contribution in [3.05, 3.63) is 52.3 Å². The van der Waals surface area contributed by atoms with Gasteiger partial charge in [-0.15, -0.1) is 0 Å². The predicted octanol–water partition coefficient (Wildman–Crippen LogP) is 4.32. The van der Waals surface area contributed by atoms with Gasteiger partial charge in [-0.2, -0.15) is 0 Å². The summed E-state index contributed by atoms with van der Waals surface area (Å²) in [5.74, 6) is -0.829. The molecule has 2 aromatic carbocycles. The maximum Gasteiger partial charge on any atom is 0.248 e. The monoisotopic (exact) mass is 448 g/mol. The van der Waals surface area contributed by atoms with Crippen LogP contribution in [-0.2, 0) is 14.8 Å². The summed E-state index contributed by atoms with van der Waals surface area (Å²) in [4.78, 5) is 12.8. The van der Waals surface area contributed by atoms with E-state index in [1.807, 2.05) is 0 Å². The standard InChI is InChI=1S/C18H19Cl2FN2O4S/c1-4-16(18(24)22-11-5-8-17(27-2)14(20)9-11)23(28(3,25)26)12-6-7-15(21)13(19)10-12/h5-10,16H,4H2,1-3H3,(H,22,24). The summed E-state index contributed by atoms with van der Waals surface area (Å²) in [6.07, 6.45) is 1.13. The first-order valence-electron chi connectivity index (χ1n) is 8.17. The third-order valence-electron chi connectivity index (χ3n) is 3.91. The molecular formula is C18H19Cl2FN2O4S. The van der Waals surface area contributed by atoms with Crippen molar-refractivity contribution in [2.24, 2.45) is 0 Å². The van der Waals surface area contributed by atoms with Gasteiger partial charge in [0.05, 0.1) is 29.1 Å². The van der Waals surface area contributed by atoms with Crippen LogP contribution in [-0.4, -0.2) is 33.7 Å². The molecular weight excluding hydrogens is 430 g/mol. The molecule has 0 aliphatic rings. The van der Waals surface area contributed by atoms with Gasteiger partial charge >= 0.3 is 0 Å². The lowest BCUT2D eigenvalue weighted by atomic mass is 10.1. The molecule has 0 bridgehead atoms. The Labute approximate surface area is 173 Å². The largest absolute Gasteiger partial charge is 0.495 e. The summed E-state index contributed by atoms with van der Waals surface area (Å²) in [5.41, 5.74) is 0.462. The number of hydrogen-bond acceptors (Lipinski definition) is 4. The SMILES string of the molecule is CCC(C(=O)Nc1ccc(OC)c(Cl)c1)N(c1ccc(F)c(Cl)c1)S(C)(=O)=O. The van der Waals surface area contributed by atoms with Gasteiger partial charge < -0.3 is 10.1 Å². The van der Waals surface area contributed by atoms with E-state index in [-0.39, 0.29) is 17.1 Å². The number of carbonyl (C=O) groups is 1. The number of amides is 1. The van der Waals surface area contributed by atoms with E-state index >= 15 is 0 Å². The van der Waals surface area contributed by atoms with Gasteiger partial charge in [-0.3, -0.25) is 9.10 Å². The molecule has 1 N–H and O–H groups in total. The quantitative estimate of drug-likeness (QED) is 0.683. The second-order valence-electron chi connectivity index (χ2n) is 5.92. The molecule has 152 valence electrons. The number of anilines is 2. The van der Waals surface area contributed by atoms with Gasteiger partial charge in [-0.25, -0.2) is 12.8 Å². The Hall–Kier alpha value is -2.03. The summed E-state index contributed by atoms with van der Waals surface area (Å²) >= 11 is 11.8. The lowest BCUT2D eigenvalue weighted by Crippen LogP contribution is -2.47. The average Bonchev–Trinajstić information content (AvgIpc) is 2.61. The Bertz CT molecular complexity index is 986. The second-order valence-corrected chi connectivity index (χ2v) is 8.59. The van der Waals surface area contributed by atoms with Crippen LogP contribution in [0.3, 0.4) is 0 Å². The molecule has 28 heavy (non-hydrogen) atoms. The number of methoxy groups -OCH3 is 1. The van der Waals surface area contributed by atoms with E-state index in [1.165, 1.54) is 19.2 Å². The van der Waals surface area contributed by atoms with Gasteiger partial charge in [-0.05, 0) is 42.8 Å². The van der Waals surface area contributed by atoms with Crippen LogP contribution < -0.4 is 14.4 Å². The summed E-state index contributed by atoms with van der Waals surface area (Å²) in [6, 6.07) is 7.02. The summed E-state index contributed by atoms with van der Waals surface area (Å²) < 4.78 is 44.2. The first kappa shape index (κ1) is 22.3. The lowest BCUT2D eigenvalue weighted by molar-refractivity contribution is -0.117. The van der Waals surface area contributed by atoms with Gasteiger partial charge in [0.2, 0.25) is 15.9 Å². The number of sulfonamides is 1. The van der Waals surface area contributed by atoms with Crippen LogP contribution in [0.1, 0.15) is 13.3 Å². The molecule has 0 saturated carbocycles. The summed E-state index contributed by atoms with van der Waals surface area (Å²) in [5, 5.41) is 2.68. The van der Waals surface area contributed by atoms with Gasteiger partial charge in [0.1, 0.15) is 17.6 Å². The highest BCUT2D eigenvalue weighted by molar-refractivity contribution is 7.92. The molecule has 0 aliphatic carbocycles. The molecule has 2 aromatic rings. The minimum absolute atomic E-state index is 0.0867. The lowest BCUT2D eigenvalue weighted by Gasteiger charge is -2.30. The van der Waals surface area contributed by atoms with Crippen molar-refractivity contribution in [1.82, 2.24) is 0 Å². The molecule has 2 rings (SSSR count). The number of hydrogen-bond donors (Lipinski definition) is 1. The van der Waals surface area contributed by atoms with Crippen LogP contribution in [0.25, 0.3) is 0 Å². The highest BCUT2D eigenvalue weighted by Crippen LogP contribution is 2.29. The summed E-state index contributed by atoms with van der Waals surface area (Å²) in [7, 11) is -2.41. The topological polar surface area (TPSA) is 75.7 Å². The van der Waals surface area contributed by atoms with Gasteiger partial charge in [0, 0.05) is 5.69 Å². The zero-order chi connectivity index (χ0) is 21.1. The van der Waals surface area contributed by atoms with Crippen LogP contribution in [0.5, 0.6) is 5.75 Å². The third-order valence-corrected chi connectivity index (χ3v) is 5.67. The predicted molar refractivity (Wildman–Crippen MR) is 109 cm³/mol. The molecule has 0 fully saturated rings. The molecule has 0 aliphatic heterocycles. The maximum atomic E-state index is 13.5. The minimum atomic E-state index is -3.87. The minimum Gasteiger partial charge on any atom is -0.495 e. The average molecular weight is 449 g/mol. The fraction of sp³-hybridized carbons (Fsp3) is 0.278.